The second-order valence-electron chi connectivity index (χ2n) is 6.08. The second-order valence-corrected chi connectivity index (χ2v) is 6.08. The lowest BCUT2D eigenvalue weighted by atomic mass is 9.90. The first kappa shape index (κ1) is 16.1. The van der Waals surface area contributed by atoms with Gasteiger partial charge in [-0.15, -0.1) is 5.10 Å². The Bertz CT molecular complexity index is 759. The molecule has 0 aliphatic carbocycles. The normalized spacial score (nSPS) is 20.8. The quantitative estimate of drug-likeness (QED) is 0.922. The van der Waals surface area contributed by atoms with Gasteiger partial charge in [0, 0.05) is 13.1 Å². The molecule has 0 bridgehead atoms. The summed E-state index contributed by atoms with van der Waals surface area (Å²) in [5.74, 6) is -2.07. The van der Waals surface area contributed by atoms with Crippen LogP contribution in [0.1, 0.15) is 23.8 Å². The lowest BCUT2D eigenvalue weighted by Crippen LogP contribution is -2.45. The highest BCUT2D eigenvalue weighted by molar-refractivity contribution is 5.92. The number of carboxylic acid groups (broad SMARTS) is 1. The van der Waals surface area contributed by atoms with Gasteiger partial charge in [0.1, 0.15) is 5.82 Å². The van der Waals surface area contributed by atoms with Gasteiger partial charge >= 0.3 is 5.97 Å². The van der Waals surface area contributed by atoms with Gasteiger partial charge in [0.05, 0.1) is 17.8 Å². The number of hydrogen-bond donors (Lipinski definition) is 1. The largest absolute Gasteiger partial charge is 0.481 e. The summed E-state index contributed by atoms with van der Waals surface area (Å²) in [6.07, 6.45) is 1.89. The summed E-state index contributed by atoms with van der Waals surface area (Å²) >= 11 is 0. The van der Waals surface area contributed by atoms with Gasteiger partial charge in [0.15, 0.2) is 5.69 Å². The van der Waals surface area contributed by atoms with Crippen molar-refractivity contribution < 1.29 is 19.1 Å². The van der Waals surface area contributed by atoms with Crippen LogP contribution in [-0.2, 0) is 4.79 Å². The van der Waals surface area contributed by atoms with E-state index in [1.54, 1.807) is 0 Å². The van der Waals surface area contributed by atoms with Gasteiger partial charge < -0.3 is 10.0 Å². The molecule has 2 unspecified atom stereocenters. The molecular formula is C16H17FN4O3. The second kappa shape index (κ2) is 6.38. The first-order chi connectivity index (χ1) is 11.4. The van der Waals surface area contributed by atoms with Crippen molar-refractivity contribution in [1.29, 1.82) is 0 Å². The number of piperidine rings is 1. The summed E-state index contributed by atoms with van der Waals surface area (Å²) in [7, 11) is 0. The first-order valence-electron chi connectivity index (χ1n) is 7.64. The fraction of sp³-hybridized carbons (Fsp3) is 0.375. The van der Waals surface area contributed by atoms with Crippen LogP contribution < -0.4 is 0 Å². The molecule has 1 fully saturated rings. The van der Waals surface area contributed by atoms with Gasteiger partial charge in [-0.3, -0.25) is 9.59 Å². The predicted octanol–water partition coefficient (Wildman–Crippen LogP) is 1.59. The van der Waals surface area contributed by atoms with E-state index in [-0.39, 0.29) is 29.9 Å². The molecule has 0 saturated carbocycles. The number of benzene rings is 1. The van der Waals surface area contributed by atoms with Crippen molar-refractivity contribution in [3.8, 4) is 5.69 Å². The maximum atomic E-state index is 13.0. The van der Waals surface area contributed by atoms with Gasteiger partial charge in [-0.2, -0.15) is 9.90 Å². The number of aliphatic carboxylic acids is 1. The van der Waals surface area contributed by atoms with E-state index < -0.39 is 11.9 Å². The third-order valence-electron chi connectivity index (χ3n) is 4.06. The number of carboxylic acids is 1. The number of likely N-dealkylation sites (tertiary alicyclic amines) is 1. The SMILES string of the molecule is CC1CC(C(=O)O)CN(C(=O)c2cnn(-c3ccc(F)cc3)n2)C1. The maximum absolute atomic E-state index is 13.0. The van der Waals surface area contributed by atoms with E-state index in [2.05, 4.69) is 10.2 Å². The Labute approximate surface area is 137 Å². The number of nitrogens with zero attached hydrogens (tertiary/aromatic N) is 4. The zero-order valence-electron chi connectivity index (χ0n) is 13.1. The van der Waals surface area contributed by atoms with Gasteiger partial charge in [0.2, 0.25) is 0 Å². The van der Waals surface area contributed by atoms with Crippen molar-refractivity contribution in [3.05, 3.63) is 42.0 Å². The number of halogens is 1. The minimum atomic E-state index is -0.894. The summed E-state index contributed by atoms with van der Waals surface area (Å²) in [5, 5.41) is 17.3. The van der Waals surface area contributed by atoms with Crippen molar-refractivity contribution >= 4 is 11.9 Å². The highest BCUT2D eigenvalue weighted by Gasteiger charge is 2.33. The highest BCUT2D eigenvalue weighted by atomic mass is 19.1. The van der Waals surface area contributed by atoms with E-state index in [4.69, 9.17) is 0 Å². The van der Waals surface area contributed by atoms with E-state index >= 15 is 0 Å². The Kier molecular flexibility index (Phi) is 4.28. The first-order valence-corrected chi connectivity index (χ1v) is 7.64. The van der Waals surface area contributed by atoms with Crippen LogP contribution in [0.4, 0.5) is 4.39 Å². The van der Waals surface area contributed by atoms with Crippen LogP contribution in [0.2, 0.25) is 0 Å². The Balaban J connectivity index is 1.78. The number of aromatic nitrogens is 3. The Morgan fingerprint density at radius 3 is 2.62 bits per heavy atom. The molecule has 2 aromatic rings. The Morgan fingerprint density at radius 1 is 1.25 bits per heavy atom. The van der Waals surface area contributed by atoms with Gasteiger partial charge in [0.25, 0.3) is 5.91 Å². The van der Waals surface area contributed by atoms with Crippen molar-refractivity contribution in [2.24, 2.45) is 11.8 Å². The predicted molar refractivity (Wildman–Crippen MR) is 82.1 cm³/mol. The Morgan fingerprint density at radius 2 is 1.96 bits per heavy atom. The number of rotatable bonds is 3. The minimum Gasteiger partial charge on any atom is -0.481 e. The molecule has 1 aliphatic heterocycles. The van der Waals surface area contributed by atoms with Gasteiger partial charge in [-0.05, 0) is 36.6 Å². The minimum absolute atomic E-state index is 0.107. The smallest absolute Gasteiger partial charge is 0.308 e. The maximum Gasteiger partial charge on any atom is 0.308 e. The van der Waals surface area contributed by atoms with Crippen LogP contribution in [0.5, 0.6) is 0 Å². The molecular weight excluding hydrogens is 315 g/mol. The summed E-state index contributed by atoms with van der Waals surface area (Å²) in [6.45, 7) is 2.58. The molecule has 2 atom stereocenters. The summed E-state index contributed by atoms with van der Waals surface area (Å²) in [6, 6.07) is 5.58. The van der Waals surface area contributed by atoms with Crippen molar-refractivity contribution in [2.45, 2.75) is 13.3 Å². The average Bonchev–Trinajstić information content (AvgIpc) is 3.04. The lowest BCUT2D eigenvalue weighted by molar-refractivity contribution is -0.143. The van der Waals surface area contributed by atoms with Crippen LogP contribution in [0.3, 0.4) is 0 Å². The molecule has 7 nitrogen and oxygen atoms in total. The van der Waals surface area contributed by atoms with Crippen LogP contribution in [0, 0.1) is 17.7 Å². The van der Waals surface area contributed by atoms with Crippen LogP contribution in [0.15, 0.2) is 30.5 Å². The van der Waals surface area contributed by atoms with Crippen molar-refractivity contribution in [2.75, 3.05) is 13.1 Å². The van der Waals surface area contributed by atoms with E-state index in [0.717, 1.165) is 0 Å². The molecule has 1 aromatic carbocycles. The molecule has 0 spiro atoms. The van der Waals surface area contributed by atoms with Crippen molar-refractivity contribution in [1.82, 2.24) is 19.9 Å². The molecule has 1 aliphatic rings. The molecule has 3 rings (SSSR count). The molecule has 1 amide bonds. The zero-order valence-corrected chi connectivity index (χ0v) is 13.1. The number of hydrogen-bond acceptors (Lipinski definition) is 4. The van der Waals surface area contributed by atoms with Crippen LogP contribution in [-0.4, -0.2) is 50.0 Å². The standard InChI is InChI=1S/C16H17FN4O3/c1-10-6-11(16(23)24)9-20(8-10)15(22)14-7-18-21(19-14)13-4-2-12(17)3-5-13/h2-5,7,10-11H,6,8-9H2,1H3,(H,23,24). The molecule has 1 aromatic heterocycles. The zero-order chi connectivity index (χ0) is 17.3. The molecule has 8 heteroatoms. The number of carbonyl (C=O) groups is 2. The number of carbonyl (C=O) groups excluding carboxylic acids is 1. The van der Waals surface area contributed by atoms with Crippen LogP contribution in [0.25, 0.3) is 5.69 Å². The van der Waals surface area contributed by atoms with Gasteiger partial charge in [-0.25, -0.2) is 4.39 Å². The summed E-state index contributed by atoms with van der Waals surface area (Å²) in [5.41, 5.74) is 0.670. The fourth-order valence-electron chi connectivity index (χ4n) is 2.92. The lowest BCUT2D eigenvalue weighted by Gasteiger charge is -2.34. The monoisotopic (exact) mass is 332 g/mol. The van der Waals surface area contributed by atoms with Gasteiger partial charge in [-0.1, -0.05) is 6.92 Å². The van der Waals surface area contributed by atoms with E-state index in [1.165, 1.54) is 40.2 Å². The average molecular weight is 332 g/mol. The third-order valence-corrected chi connectivity index (χ3v) is 4.06. The summed E-state index contributed by atoms with van der Waals surface area (Å²) in [4.78, 5) is 26.5. The number of amides is 1. The van der Waals surface area contributed by atoms with Crippen molar-refractivity contribution in [3.63, 3.8) is 0 Å². The molecule has 24 heavy (non-hydrogen) atoms. The topological polar surface area (TPSA) is 88.3 Å². The molecule has 2 heterocycles. The fourth-order valence-corrected chi connectivity index (χ4v) is 2.92. The van der Waals surface area contributed by atoms with E-state index in [9.17, 15) is 19.1 Å². The third kappa shape index (κ3) is 3.27. The molecule has 126 valence electrons. The van der Waals surface area contributed by atoms with E-state index in [1.807, 2.05) is 6.92 Å². The summed E-state index contributed by atoms with van der Waals surface area (Å²) < 4.78 is 13.0. The van der Waals surface area contributed by atoms with Crippen LogP contribution >= 0.6 is 0 Å². The molecule has 1 saturated heterocycles. The molecule has 1 N–H and O–H groups in total. The Hall–Kier alpha value is -2.77. The van der Waals surface area contributed by atoms with E-state index in [0.29, 0.717) is 18.7 Å². The highest BCUT2D eigenvalue weighted by Crippen LogP contribution is 2.23. The molecule has 0 radical (unpaired) electrons.